The number of fused-ring (bicyclic) bond motifs is 5. The normalized spacial score (nSPS) is 15.5. The van der Waals surface area contributed by atoms with E-state index in [1.807, 2.05) is 6.07 Å². The zero-order valence-corrected chi connectivity index (χ0v) is 11.4. The minimum atomic E-state index is 0.0172. The van der Waals surface area contributed by atoms with E-state index in [4.69, 9.17) is 4.42 Å². The minimum absolute atomic E-state index is 0.0172. The molecule has 1 heterocycles. The molecular formula is C18H16O. The Balaban J connectivity index is 2.17. The summed E-state index contributed by atoms with van der Waals surface area (Å²) in [5, 5.41) is 1.25. The molecule has 0 aliphatic heterocycles. The standard InChI is InChI=1S/C18H16O/c1-11-8-9-12-14(10-11)18(2,3)16-13-6-4-5-7-15(13)19-17(12)16/h4-10H,1-3H3. The van der Waals surface area contributed by atoms with Crippen molar-refractivity contribution < 1.29 is 4.42 Å². The van der Waals surface area contributed by atoms with Crippen molar-refractivity contribution in [3.63, 3.8) is 0 Å². The van der Waals surface area contributed by atoms with Crippen LogP contribution < -0.4 is 0 Å². The van der Waals surface area contributed by atoms with E-state index in [0.717, 1.165) is 11.3 Å². The van der Waals surface area contributed by atoms with Gasteiger partial charge in [-0.05, 0) is 18.6 Å². The predicted molar refractivity (Wildman–Crippen MR) is 78.5 cm³/mol. The number of hydrogen-bond donors (Lipinski definition) is 0. The number of benzene rings is 2. The van der Waals surface area contributed by atoms with Crippen LogP contribution >= 0.6 is 0 Å². The van der Waals surface area contributed by atoms with Gasteiger partial charge in [-0.2, -0.15) is 0 Å². The zero-order chi connectivity index (χ0) is 13.2. The summed E-state index contributed by atoms with van der Waals surface area (Å²) in [7, 11) is 0. The van der Waals surface area contributed by atoms with Crippen molar-refractivity contribution in [1.29, 1.82) is 0 Å². The molecule has 0 radical (unpaired) electrons. The van der Waals surface area contributed by atoms with Crippen molar-refractivity contribution in [1.82, 2.24) is 0 Å². The Labute approximate surface area is 112 Å². The lowest BCUT2D eigenvalue weighted by molar-refractivity contribution is 0.619. The quantitative estimate of drug-likeness (QED) is 0.542. The first-order chi connectivity index (χ1) is 9.09. The summed E-state index contributed by atoms with van der Waals surface area (Å²) in [6, 6.07) is 15.0. The third-order valence-corrected chi connectivity index (χ3v) is 4.31. The van der Waals surface area contributed by atoms with E-state index in [2.05, 4.69) is 57.2 Å². The van der Waals surface area contributed by atoms with Crippen LogP contribution in [0.4, 0.5) is 0 Å². The first-order valence-electron chi connectivity index (χ1n) is 6.72. The predicted octanol–water partition coefficient (Wildman–Crippen LogP) is 5.05. The maximum atomic E-state index is 6.11. The Morgan fingerprint density at radius 3 is 2.63 bits per heavy atom. The van der Waals surface area contributed by atoms with Gasteiger partial charge in [-0.1, -0.05) is 55.8 Å². The van der Waals surface area contributed by atoms with Gasteiger partial charge in [0.1, 0.15) is 11.3 Å². The smallest absolute Gasteiger partial charge is 0.139 e. The summed E-state index contributed by atoms with van der Waals surface area (Å²) < 4.78 is 6.11. The first-order valence-corrected chi connectivity index (χ1v) is 6.72. The molecule has 1 aromatic heterocycles. The first kappa shape index (κ1) is 10.9. The molecule has 2 aromatic carbocycles. The number of hydrogen-bond acceptors (Lipinski definition) is 1. The number of rotatable bonds is 0. The SMILES string of the molecule is Cc1ccc2c(c1)C(C)(C)c1c-2oc2ccccc12. The second kappa shape index (κ2) is 3.30. The van der Waals surface area contributed by atoms with E-state index in [1.54, 1.807) is 0 Å². The lowest BCUT2D eigenvalue weighted by Crippen LogP contribution is -2.15. The molecule has 3 aromatic rings. The van der Waals surface area contributed by atoms with Gasteiger partial charge in [0.25, 0.3) is 0 Å². The van der Waals surface area contributed by atoms with E-state index in [1.165, 1.54) is 27.6 Å². The molecule has 0 atom stereocenters. The van der Waals surface area contributed by atoms with Crippen molar-refractivity contribution in [3.8, 4) is 11.3 Å². The summed E-state index contributed by atoms with van der Waals surface area (Å²) in [6.45, 7) is 6.73. The Kier molecular flexibility index (Phi) is 1.88. The summed E-state index contributed by atoms with van der Waals surface area (Å²) in [5.74, 6) is 1.06. The van der Waals surface area contributed by atoms with Crippen LogP contribution in [0.15, 0.2) is 46.9 Å². The highest BCUT2D eigenvalue weighted by Gasteiger charge is 2.39. The van der Waals surface area contributed by atoms with Crippen LogP contribution in [0.1, 0.15) is 30.5 Å². The highest BCUT2D eigenvalue weighted by atomic mass is 16.3. The second-order valence-corrected chi connectivity index (χ2v) is 5.98. The van der Waals surface area contributed by atoms with Crippen molar-refractivity contribution in [3.05, 3.63) is 59.2 Å². The van der Waals surface area contributed by atoms with Crippen molar-refractivity contribution in [2.75, 3.05) is 0 Å². The number of aryl methyl sites for hydroxylation is 1. The molecule has 4 rings (SSSR count). The van der Waals surface area contributed by atoms with Gasteiger partial charge in [0.05, 0.1) is 0 Å². The maximum absolute atomic E-state index is 6.11. The van der Waals surface area contributed by atoms with E-state index >= 15 is 0 Å². The Hall–Kier alpha value is -2.02. The van der Waals surface area contributed by atoms with E-state index in [-0.39, 0.29) is 5.41 Å². The van der Waals surface area contributed by atoms with E-state index in [9.17, 15) is 0 Å². The fourth-order valence-corrected chi connectivity index (χ4v) is 3.36. The van der Waals surface area contributed by atoms with Crippen LogP contribution in [0.3, 0.4) is 0 Å². The molecule has 1 heteroatoms. The molecular weight excluding hydrogens is 232 g/mol. The van der Waals surface area contributed by atoms with Crippen LogP contribution in [0.2, 0.25) is 0 Å². The molecule has 1 nitrogen and oxygen atoms in total. The van der Waals surface area contributed by atoms with Gasteiger partial charge < -0.3 is 4.42 Å². The average molecular weight is 248 g/mol. The van der Waals surface area contributed by atoms with Crippen molar-refractivity contribution in [2.45, 2.75) is 26.2 Å². The molecule has 0 unspecified atom stereocenters. The van der Waals surface area contributed by atoms with Gasteiger partial charge in [-0.25, -0.2) is 0 Å². The third kappa shape index (κ3) is 1.25. The molecule has 0 bridgehead atoms. The minimum Gasteiger partial charge on any atom is -0.456 e. The molecule has 0 N–H and O–H groups in total. The molecule has 0 spiro atoms. The monoisotopic (exact) mass is 248 g/mol. The van der Waals surface area contributed by atoms with E-state index in [0.29, 0.717) is 0 Å². The topological polar surface area (TPSA) is 13.1 Å². The molecule has 94 valence electrons. The van der Waals surface area contributed by atoms with Gasteiger partial charge in [0, 0.05) is 21.9 Å². The molecule has 0 saturated heterocycles. The molecule has 1 aliphatic carbocycles. The molecule has 0 amide bonds. The summed E-state index contributed by atoms with van der Waals surface area (Å²) in [6.07, 6.45) is 0. The Bertz CT molecular complexity index is 806. The molecule has 0 saturated carbocycles. The Morgan fingerprint density at radius 2 is 1.79 bits per heavy atom. The van der Waals surface area contributed by atoms with Gasteiger partial charge >= 0.3 is 0 Å². The summed E-state index contributed by atoms with van der Waals surface area (Å²) in [4.78, 5) is 0. The average Bonchev–Trinajstić information content (AvgIpc) is 2.86. The number of para-hydroxylation sites is 1. The second-order valence-electron chi connectivity index (χ2n) is 5.98. The summed E-state index contributed by atoms with van der Waals surface area (Å²) >= 11 is 0. The van der Waals surface area contributed by atoms with Crippen molar-refractivity contribution in [2.24, 2.45) is 0 Å². The van der Waals surface area contributed by atoms with Crippen LogP contribution in [0, 0.1) is 6.92 Å². The largest absolute Gasteiger partial charge is 0.456 e. The maximum Gasteiger partial charge on any atom is 0.139 e. The van der Waals surface area contributed by atoms with Crippen LogP contribution in [-0.2, 0) is 5.41 Å². The molecule has 1 aliphatic rings. The summed E-state index contributed by atoms with van der Waals surface area (Å²) in [5.41, 5.74) is 6.29. The lowest BCUT2D eigenvalue weighted by atomic mass is 9.81. The molecule has 19 heavy (non-hydrogen) atoms. The highest BCUT2D eigenvalue weighted by molar-refractivity contribution is 5.94. The molecule has 0 fully saturated rings. The zero-order valence-electron chi connectivity index (χ0n) is 11.4. The Morgan fingerprint density at radius 1 is 1.00 bits per heavy atom. The fourth-order valence-electron chi connectivity index (χ4n) is 3.36. The lowest BCUT2D eigenvalue weighted by Gasteiger charge is -2.21. The van der Waals surface area contributed by atoms with Crippen LogP contribution in [0.25, 0.3) is 22.3 Å². The van der Waals surface area contributed by atoms with Crippen LogP contribution in [0.5, 0.6) is 0 Å². The third-order valence-electron chi connectivity index (χ3n) is 4.31. The van der Waals surface area contributed by atoms with Gasteiger partial charge in [-0.3, -0.25) is 0 Å². The van der Waals surface area contributed by atoms with E-state index < -0.39 is 0 Å². The van der Waals surface area contributed by atoms with Crippen molar-refractivity contribution >= 4 is 11.0 Å². The van der Waals surface area contributed by atoms with Gasteiger partial charge in [0.15, 0.2) is 0 Å². The van der Waals surface area contributed by atoms with Crippen LogP contribution in [-0.4, -0.2) is 0 Å². The fraction of sp³-hybridized carbons (Fsp3) is 0.222. The van der Waals surface area contributed by atoms with Gasteiger partial charge in [-0.15, -0.1) is 0 Å². The number of furan rings is 1. The van der Waals surface area contributed by atoms with Gasteiger partial charge in [0.2, 0.25) is 0 Å². The highest BCUT2D eigenvalue weighted by Crippen LogP contribution is 2.52.